The molecule has 0 aromatic carbocycles. The number of hydrogen-bond donors (Lipinski definition) is 1. The molecule has 0 aliphatic carbocycles. The zero-order valence-electron chi connectivity index (χ0n) is 17.5. The summed E-state index contributed by atoms with van der Waals surface area (Å²) >= 11 is 0. The second-order valence-electron chi connectivity index (χ2n) is 8.33. The first-order valence-corrected chi connectivity index (χ1v) is 17.0. The van der Waals surface area contributed by atoms with Gasteiger partial charge in [0.1, 0.15) is 15.4 Å². The van der Waals surface area contributed by atoms with Crippen molar-refractivity contribution in [2.75, 3.05) is 6.61 Å². The van der Waals surface area contributed by atoms with Gasteiger partial charge < -0.3 is 23.4 Å². The maximum atomic E-state index is 11.8. The van der Waals surface area contributed by atoms with Gasteiger partial charge >= 0.3 is 5.97 Å². The molecule has 1 N–H and O–H groups in total. The van der Waals surface area contributed by atoms with Crippen LogP contribution in [0.15, 0.2) is 12.2 Å². The molecule has 2 atom stereocenters. The number of ether oxygens (including phenoxy) is 2. The van der Waals surface area contributed by atoms with Crippen molar-refractivity contribution in [1.29, 1.82) is 0 Å². The van der Waals surface area contributed by atoms with Crippen LogP contribution in [0.3, 0.4) is 0 Å². The highest BCUT2D eigenvalue weighted by Gasteiger charge is 2.27. The van der Waals surface area contributed by atoms with Crippen molar-refractivity contribution in [3.05, 3.63) is 12.2 Å². The topological polar surface area (TPSA) is 74.2 Å². The first kappa shape index (κ1) is 25.7. The Labute approximate surface area is 163 Å². The van der Waals surface area contributed by atoms with Crippen LogP contribution in [0.2, 0.25) is 45.3 Å². The first-order chi connectivity index (χ1) is 11.7. The van der Waals surface area contributed by atoms with Crippen LogP contribution < -0.4 is 0 Å². The molecule has 2 radical (unpaired) electrons. The van der Waals surface area contributed by atoms with E-state index in [4.69, 9.17) is 18.3 Å². The summed E-state index contributed by atoms with van der Waals surface area (Å²) in [5.41, 5.74) is 0.320. The van der Waals surface area contributed by atoms with Crippen LogP contribution in [0, 0.1) is 0 Å². The molecule has 0 spiro atoms. The Morgan fingerprint density at radius 1 is 1.12 bits per heavy atom. The van der Waals surface area contributed by atoms with Crippen LogP contribution in [0.25, 0.3) is 0 Å². The van der Waals surface area contributed by atoms with Gasteiger partial charge in [-0.15, -0.1) is 0 Å². The highest BCUT2D eigenvalue weighted by Crippen LogP contribution is 2.16. The highest BCUT2D eigenvalue weighted by molar-refractivity contribution is 6.71. The van der Waals surface area contributed by atoms with E-state index >= 15 is 0 Å². The minimum atomic E-state index is -1.73. The van der Waals surface area contributed by atoms with E-state index in [1.807, 2.05) is 0 Å². The number of aliphatic hydroxyl groups excluding tert-OH is 1. The molecule has 0 bridgehead atoms. The average Bonchev–Trinajstić information content (AvgIpc) is 2.40. The summed E-state index contributed by atoms with van der Waals surface area (Å²) in [6.07, 6.45) is -0.812. The number of hydrogen-bond acceptors (Lipinski definition) is 6. The van der Waals surface area contributed by atoms with Crippen LogP contribution >= 0.6 is 0 Å². The normalized spacial score (nSPS) is 15.0. The molecule has 0 heterocycles. The molecule has 0 rings (SSSR count). The Bertz CT molecular complexity index is 427. The molecule has 26 heavy (non-hydrogen) atoms. The van der Waals surface area contributed by atoms with E-state index in [-0.39, 0.29) is 12.5 Å². The smallest absolute Gasteiger partial charge is 0.335 e. The third-order valence-electron chi connectivity index (χ3n) is 2.72. The molecule has 152 valence electrons. The maximum absolute atomic E-state index is 11.8. The van der Waals surface area contributed by atoms with E-state index in [0.717, 1.165) is 6.04 Å². The number of carbonyl (C=O) groups is 1. The highest BCUT2D eigenvalue weighted by atomic mass is 28.4. The Morgan fingerprint density at radius 2 is 1.62 bits per heavy atom. The van der Waals surface area contributed by atoms with Gasteiger partial charge in [0.25, 0.3) is 0 Å². The van der Waals surface area contributed by atoms with E-state index in [0.29, 0.717) is 21.5 Å². The van der Waals surface area contributed by atoms with E-state index in [1.54, 1.807) is 13.8 Å². The van der Waals surface area contributed by atoms with Crippen molar-refractivity contribution in [2.24, 2.45) is 0 Å². The summed E-state index contributed by atoms with van der Waals surface area (Å²) in [4.78, 5) is 11.8. The number of rotatable bonds is 13. The van der Waals surface area contributed by atoms with Crippen molar-refractivity contribution in [3.8, 4) is 0 Å². The largest absolute Gasteiger partial charge is 0.432 e. The summed E-state index contributed by atoms with van der Waals surface area (Å²) < 4.78 is 23.2. The van der Waals surface area contributed by atoms with Gasteiger partial charge in [-0.1, -0.05) is 12.6 Å². The van der Waals surface area contributed by atoms with Crippen molar-refractivity contribution in [3.63, 3.8) is 0 Å². The zero-order chi connectivity index (χ0) is 20.5. The predicted molar refractivity (Wildman–Crippen MR) is 110 cm³/mol. The number of esters is 1. The minimum Gasteiger partial charge on any atom is -0.432 e. The van der Waals surface area contributed by atoms with E-state index in [9.17, 15) is 9.90 Å². The Kier molecular flexibility index (Phi) is 11.4. The maximum Gasteiger partial charge on any atom is 0.335 e. The standard InChI is InChI=1S/C17H36O6Si3/c1-13(2)16(19)21-15(20-12-14(3)18)10-11-24-17(22-25(4,5)6)23-26(7,8)9/h14-15,17-18H,1,10-12H2,2-9H3. The fourth-order valence-electron chi connectivity index (χ4n) is 1.71. The van der Waals surface area contributed by atoms with Gasteiger partial charge in [0, 0.05) is 12.0 Å². The molecular weight excluding hydrogens is 384 g/mol. The SMILES string of the molecule is C=C(C)C(=O)OC(CC[Si]C(O[Si](C)(C)C)O[Si](C)(C)C)OCC(C)O. The van der Waals surface area contributed by atoms with Gasteiger partial charge in [-0.25, -0.2) is 4.79 Å². The molecule has 0 aliphatic rings. The quantitative estimate of drug-likeness (QED) is 0.213. The minimum absolute atomic E-state index is 0.109. The average molecular weight is 421 g/mol. The van der Waals surface area contributed by atoms with Crippen LogP contribution in [0.1, 0.15) is 20.3 Å². The summed E-state index contributed by atoms with van der Waals surface area (Å²) in [5.74, 6) is -0.709. The van der Waals surface area contributed by atoms with Gasteiger partial charge in [-0.3, -0.25) is 0 Å². The molecule has 0 fully saturated rings. The zero-order valence-corrected chi connectivity index (χ0v) is 20.5. The van der Waals surface area contributed by atoms with Crippen molar-refractivity contribution in [1.82, 2.24) is 0 Å². The van der Waals surface area contributed by atoms with Crippen LogP contribution in [-0.2, 0) is 23.1 Å². The van der Waals surface area contributed by atoms with Crippen LogP contribution in [-0.4, -0.2) is 62.1 Å². The molecule has 6 nitrogen and oxygen atoms in total. The summed E-state index contributed by atoms with van der Waals surface area (Å²) in [7, 11) is -3.03. The molecule has 0 saturated carbocycles. The molecule has 0 aromatic rings. The van der Waals surface area contributed by atoms with Crippen LogP contribution in [0.4, 0.5) is 0 Å². The molecule has 2 unspecified atom stereocenters. The summed E-state index contributed by atoms with van der Waals surface area (Å²) in [6.45, 7) is 19.7. The second-order valence-corrected chi connectivity index (χ2v) is 18.6. The lowest BCUT2D eigenvalue weighted by Crippen LogP contribution is -2.43. The van der Waals surface area contributed by atoms with Gasteiger partial charge in [0.15, 0.2) is 16.6 Å². The van der Waals surface area contributed by atoms with Crippen molar-refractivity contribution in [2.45, 2.75) is 83.9 Å². The van der Waals surface area contributed by atoms with Gasteiger partial charge in [0.05, 0.1) is 12.7 Å². The molecule has 0 aliphatic heterocycles. The lowest BCUT2D eigenvalue weighted by atomic mass is 10.3. The lowest BCUT2D eigenvalue weighted by molar-refractivity contribution is -0.179. The van der Waals surface area contributed by atoms with Gasteiger partial charge in [-0.05, 0) is 53.1 Å². The fraction of sp³-hybridized carbons (Fsp3) is 0.824. The third kappa shape index (κ3) is 14.8. The lowest BCUT2D eigenvalue weighted by Gasteiger charge is -2.31. The first-order valence-electron chi connectivity index (χ1n) is 8.95. The van der Waals surface area contributed by atoms with Gasteiger partial charge in [0.2, 0.25) is 6.29 Å². The number of aliphatic hydroxyl groups is 1. The molecule has 0 aromatic heterocycles. The molecular formula is C17H36O6Si3. The monoisotopic (exact) mass is 420 g/mol. The Balaban J connectivity index is 4.72. The predicted octanol–water partition coefficient (Wildman–Crippen LogP) is 3.33. The van der Waals surface area contributed by atoms with Crippen LogP contribution in [0.5, 0.6) is 0 Å². The number of carbonyl (C=O) groups excluding carboxylic acids is 1. The third-order valence-corrected chi connectivity index (χ3v) is 6.18. The van der Waals surface area contributed by atoms with E-state index in [1.165, 1.54) is 0 Å². The van der Waals surface area contributed by atoms with Gasteiger partial charge in [-0.2, -0.15) is 0 Å². The molecule has 0 saturated heterocycles. The Morgan fingerprint density at radius 3 is 2.00 bits per heavy atom. The van der Waals surface area contributed by atoms with Crippen molar-refractivity contribution >= 4 is 32.1 Å². The van der Waals surface area contributed by atoms with E-state index in [2.05, 4.69) is 45.9 Å². The van der Waals surface area contributed by atoms with Crippen molar-refractivity contribution < 1.29 is 28.2 Å². The summed E-state index contributed by atoms with van der Waals surface area (Å²) in [6, 6.07) is 0.744. The fourth-order valence-corrected chi connectivity index (χ4v) is 6.61. The Hall–Kier alpha value is -0.299. The molecule has 9 heteroatoms. The second kappa shape index (κ2) is 11.5. The summed E-state index contributed by atoms with van der Waals surface area (Å²) in [5, 5.41) is 9.40. The molecule has 0 amide bonds. The van der Waals surface area contributed by atoms with E-state index < -0.39 is 35.0 Å².